The zero-order valence-electron chi connectivity index (χ0n) is 41.6. The van der Waals surface area contributed by atoms with Crippen LogP contribution in [0.4, 0.5) is 0 Å². The van der Waals surface area contributed by atoms with Gasteiger partial charge in [-0.1, -0.05) is 86.0 Å². The lowest BCUT2D eigenvalue weighted by molar-refractivity contribution is -0.229. The first-order chi connectivity index (χ1) is 35.0. The Morgan fingerprint density at radius 1 is 0.750 bits per heavy atom. The first kappa shape index (κ1) is 45.3. The number of nitrogens with one attached hydrogen (secondary N) is 3. The number of piperidine rings is 2. The van der Waals surface area contributed by atoms with Gasteiger partial charge in [-0.15, -0.1) is 0 Å². The zero-order chi connectivity index (χ0) is 48.8. The number of aromatic hydroxyl groups is 5. The molecule has 0 amide bonds. The van der Waals surface area contributed by atoms with Gasteiger partial charge in [-0.3, -0.25) is 0 Å². The van der Waals surface area contributed by atoms with Crippen LogP contribution in [0.5, 0.6) is 28.7 Å². The highest BCUT2D eigenvalue weighted by Gasteiger charge is 2.80. The van der Waals surface area contributed by atoms with E-state index in [2.05, 4.69) is 52.0 Å². The summed E-state index contributed by atoms with van der Waals surface area (Å²) in [7, 11) is 0. The van der Waals surface area contributed by atoms with E-state index in [9.17, 15) is 30.6 Å². The SMILES string of the molecule is Oc1ccc(C=Cc2c(CCc3ccc(C4CC5(CCNC6(CCCC6)C5)C5CC6CCC7CCc8[nH]cnc8C8(C5N4)C4C(O)C=CC5CCCC54CCC768)cc3)c(O)c(O)c3c(O)cccc23)cc1O. The molecule has 7 fully saturated rings. The van der Waals surface area contributed by atoms with Gasteiger partial charge in [0.05, 0.1) is 23.5 Å². The van der Waals surface area contributed by atoms with Crippen LogP contribution in [0.15, 0.2) is 79.1 Å². The molecule has 12 atom stereocenters. The summed E-state index contributed by atoms with van der Waals surface area (Å²) >= 11 is 0. The van der Waals surface area contributed by atoms with Crippen molar-refractivity contribution >= 4 is 22.9 Å². The average Bonchev–Trinajstić information content (AvgIpc) is 4.20. The van der Waals surface area contributed by atoms with Crippen LogP contribution in [0, 0.1) is 45.8 Å². The summed E-state index contributed by atoms with van der Waals surface area (Å²) in [6.07, 6.45) is 31.9. The largest absolute Gasteiger partial charge is 0.507 e. The van der Waals surface area contributed by atoms with Crippen LogP contribution in [0.1, 0.15) is 148 Å². The summed E-state index contributed by atoms with van der Waals surface area (Å²) < 4.78 is 0. The van der Waals surface area contributed by atoms with Crippen LogP contribution >= 0.6 is 0 Å². The first-order valence-corrected chi connectivity index (χ1v) is 27.9. The van der Waals surface area contributed by atoms with Gasteiger partial charge < -0.3 is 46.3 Å². The third-order valence-corrected chi connectivity index (χ3v) is 22.3. The molecular formula is C62H72N4O6. The van der Waals surface area contributed by atoms with E-state index < -0.39 is 6.10 Å². The number of hydrogen-bond acceptors (Lipinski definition) is 9. The lowest BCUT2D eigenvalue weighted by Crippen LogP contribution is -2.79. The van der Waals surface area contributed by atoms with Crippen molar-refractivity contribution in [1.82, 2.24) is 20.6 Å². The molecule has 3 heterocycles. The number of allylic oxidation sites excluding steroid dienone is 1. The standard InChI is InChI=1S/C62H72N4O6/c67-48-22-12-37(31-51(48)70)11-19-42-43-6-3-7-49(68)52(43)54(72)53(71)44(42)20-10-36-8-13-38(14-9-36)47-33-58(29-30-65-59(34-58)24-1-2-25-59)45-32-41-16-15-40-17-21-46-57(64-35-63-46)62(56(45)66-47)55-50(69)23-18-39-5-4-26-60(39,55)27-28-61(40,41)62/h3,6-9,11-14,18-19,22-23,31,35,39-41,45,47,50,55-56,65-72H,1-2,4-5,10,15-17,20-21,24-30,32-34H2,(H,63,64). The summed E-state index contributed by atoms with van der Waals surface area (Å²) in [5.74, 6) is 1.19. The summed E-state index contributed by atoms with van der Waals surface area (Å²) in [4.78, 5) is 9.40. The quantitative estimate of drug-likeness (QED) is 0.0456. The molecule has 72 heavy (non-hydrogen) atoms. The van der Waals surface area contributed by atoms with Crippen molar-refractivity contribution < 1.29 is 30.6 Å². The van der Waals surface area contributed by atoms with E-state index in [4.69, 9.17) is 4.98 Å². The van der Waals surface area contributed by atoms with Crippen LogP contribution in [-0.2, 0) is 24.7 Å². The van der Waals surface area contributed by atoms with Crippen molar-refractivity contribution in [2.75, 3.05) is 6.54 Å². The van der Waals surface area contributed by atoms with Gasteiger partial charge in [-0.05, 0) is 195 Å². The molecule has 5 saturated carbocycles. The van der Waals surface area contributed by atoms with E-state index >= 15 is 0 Å². The van der Waals surface area contributed by atoms with Crippen LogP contribution in [0.2, 0.25) is 0 Å². The monoisotopic (exact) mass is 969 g/mol. The number of aryl methyl sites for hydroxylation is 2. The Hall–Kier alpha value is -5.29. The maximum atomic E-state index is 13.1. The van der Waals surface area contributed by atoms with Crippen molar-refractivity contribution in [3.63, 3.8) is 0 Å². The van der Waals surface area contributed by atoms with Gasteiger partial charge >= 0.3 is 0 Å². The summed E-state index contributed by atoms with van der Waals surface area (Å²) in [5, 5.41) is 76.8. The summed E-state index contributed by atoms with van der Waals surface area (Å²) in [5.41, 5.74) is 7.16. The fourth-order valence-corrected chi connectivity index (χ4v) is 19.8. The third kappa shape index (κ3) is 6.21. The molecule has 5 aromatic rings. The number of benzene rings is 4. The molecule has 0 bridgehead atoms. The number of phenols is 5. The molecule has 0 radical (unpaired) electrons. The van der Waals surface area contributed by atoms with E-state index in [0.717, 1.165) is 24.9 Å². The van der Waals surface area contributed by atoms with Gasteiger partial charge in [0.2, 0.25) is 0 Å². The number of nitrogens with zero attached hydrogens (tertiary/aromatic N) is 1. The van der Waals surface area contributed by atoms with E-state index in [1.165, 1.54) is 131 Å². The van der Waals surface area contributed by atoms with Gasteiger partial charge in [0, 0.05) is 40.2 Å². The highest BCUT2D eigenvalue weighted by atomic mass is 16.3. The van der Waals surface area contributed by atoms with Crippen molar-refractivity contribution in [1.29, 1.82) is 0 Å². The minimum absolute atomic E-state index is 0.0740. The predicted octanol–water partition coefficient (Wildman–Crippen LogP) is 11.2. The molecule has 12 unspecified atom stereocenters. The Morgan fingerprint density at radius 3 is 2.44 bits per heavy atom. The van der Waals surface area contributed by atoms with Crippen molar-refractivity contribution in [3.8, 4) is 28.7 Å². The fourth-order valence-electron chi connectivity index (χ4n) is 19.8. The fraction of sp³-hybridized carbons (Fsp3) is 0.532. The molecule has 7 aliphatic carbocycles. The third-order valence-electron chi connectivity index (χ3n) is 22.3. The number of aliphatic hydroxyl groups excluding tert-OH is 1. The van der Waals surface area contributed by atoms with Crippen LogP contribution in [0.25, 0.3) is 22.9 Å². The number of hydrogen-bond donors (Lipinski definition) is 9. The van der Waals surface area contributed by atoms with Gasteiger partial charge in [0.15, 0.2) is 23.0 Å². The highest BCUT2D eigenvalue weighted by molar-refractivity contribution is 6.03. The Balaban J connectivity index is 0.865. The Labute approximate surface area is 423 Å². The highest BCUT2D eigenvalue weighted by Crippen LogP contribution is 2.81. The van der Waals surface area contributed by atoms with Crippen LogP contribution in [0.3, 0.4) is 0 Å². The number of rotatable bonds is 6. The molecule has 376 valence electrons. The topological polar surface area (TPSA) is 174 Å². The Morgan fingerprint density at radius 2 is 1.60 bits per heavy atom. The molecule has 2 saturated heterocycles. The summed E-state index contributed by atoms with van der Waals surface area (Å²) in [6.45, 7) is 1.07. The van der Waals surface area contributed by atoms with Crippen LogP contribution < -0.4 is 10.6 Å². The lowest BCUT2D eigenvalue weighted by atomic mass is 9.30. The number of imidazole rings is 1. The van der Waals surface area contributed by atoms with Gasteiger partial charge in [-0.2, -0.15) is 0 Å². The first-order valence-electron chi connectivity index (χ1n) is 27.9. The number of aromatic amines is 1. The van der Waals surface area contributed by atoms with Gasteiger partial charge in [0.25, 0.3) is 0 Å². The number of fused-ring (bicyclic) bond motifs is 4. The van der Waals surface area contributed by atoms with Crippen LogP contribution in [-0.4, -0.2) is 64.8 Å². The Bertz CT molecular complexity index is 3030. The van der Waals surface area contributed by atoms with Gasteiger partial charge in [0.1, 0.15) is 5.75 Å². The normalized spacial score (nSPS) is 37.0. The maximum absolute atomic E-state index is 13.1. The van der Waals surface area contributed by atoms with Crippen molar-refractivity contribution in [2.24, 2.45) is 45.8 Å². The van der Waals surface area contributed by atoms with E-state index in [1.807, 2.05) is 18.5 Å². The predicted molar refractivity (Wildman–Crippen MR) is 280 cm³/mol. The zero-order valence-corrected chi connectivity index (χ0v) is 41.6. The minimum Gasteiger partial charge on any atom is -0.507 e. The van der Waals surface area contributed by atoms with Crippen molar-refractivity contribution in [2.45, 2.75) is 151 Å². The molecule has 4 aromatic carbocycles. The second-order valence-corrected chi connectivity index (χ2v) is 24.8. The summed E-state index contributed by atoms with van der Waals surface area (Å²) in [6, 6.07) is 19.2. The molecule has 10 heteroatoms. The molecule has 1 aromatic heterocycles. The number of aliphatic hydroxyl groups is 1. The van der Waals surface area contributed by atoms with E-state index in [-0.39, 0.29) is 79.3 Å². The molecule has 9 aliphatic rings. The maximum Gasteiger partial charge on any atom is 0.169 e. The van der Waals surface area contributed by atoms with E-state index in [0.29, 0.717) is 58.6 Å². The lowest BCUT2D eigenvalue weighted by Gasteiger charge is -2.75. The number of phenolic OH excluding ortho intramolecular Hbond substituents is 5. The molecule has 14 rings (SSSR count). The molecule has 4 spiro atoms. The second-order valence-electron chi connectivity index (χ2n) is 24.8. The smallest absolute Gasteiger partial charge is 0.169 e. The molecule has 10 nitrogen and oxygen atoms in total. The minimum atomic E-state index is -0.502. The number of H-pyrrole nitrogens is 1. The molecular weight excluding hydrogens is 897 g/mol. The second kappa shape index (κ2) is 16.4. The number of aromatic nitrogens is 2. The Kier molecular flexibility index (Phi) is 10.3. The average molecular weight is 969 g/mol. The van der Waals surface area contributed by atoms with Crippen molar-refractivity contribution in [3.05, 3.63) is 118 Å². The molecule has 9 N–H and O–H groups in total. The molecule has 2 aliphatic heterocycles. The van der Waals surface area contributed by atoms with Gasteiger partial charge in [-0.25, -0.2) is 4.98 Å². The van der Waals surface area contributed by atoms with E-state index in [1.54, 1.807) is 18.2 Å².